The van der Waals surface area contributed by atoms with Crippen LogP contribution in [0.4, 0.5) is 0 Å². The summed E-state index contributed by atoms with van der Waals surface area (Å²) in [5.74, 6) is 1.33. The van der Waals surface area contributed by atoms with E-state index in [1.165, 1.54) is 0 Å². The molecule has 24 heavy (non-hydrogen) atoms. The molecule has 0 amide bonds. The van der Waals surface area contributed by atoms with Crippen molar-refractivity contribution < 1.29 is 4.74 Å². The molecule has 0 atom stereocenters. The fourth-order valence-electron chi connectivity index (χ4n) is 2.04. The first-order chi connectivity index (χ1) is 11.5. The standard InChI is InChI=1S/C16H15ClN4OS2/c1-10(2)22-13-6-5-11(8-12(13)17)9-18-21-15(19-20-16(21)23)14-4-3-7-24-14/h3-10H,1-2H3,(H,20,23)/b18-9-. The van der Waals surface area contributed by atoms with Crippen LogP contribution < -0.4 is 4.74 Å². The monoisotopic (exact) mass is 378 g/mol. The van der Waals surface area contributed by atoms with Gasteiger partial charge in [-0.05, 0) is 61.3 Å². The summed E-state index contributed by atoms with van der Waals surface area (Å²) in [6, 6.07) is 9.45. The third-order valence-corrected chi connectivity index (χ3v) is 4.46. The van der Waals surface area contributed by atoms with E-state index in [0.29, 0.717) is 21.4 Å². The molecule has 2 aromatic heterocycles. The normalized spacial score (nSPS) is 11.5. The zero-order chi connectivity index (χ0) is 17.1. The topological polar surface area (TPSA) is 55.2 Å². The SMILES string of the molecule is CC(C)Oc1ccc(/C=N\n2c(-c3cccs3)n[nH]c2=S)cc1Cl. The molecule has 0 radical (unpaired) electrons. The number of thiophene rings is 1. The van der Waals surface area contributed by atoms with E-state index >= 15 is 0 Å². The van der Waals surface area contributed by atoms with Crippen LogP contribution in [0.1, 0.15) is 19.4 Å². The summed E-state index contributed by atoms with van der Waals surface area (Å²) in [6.07, 6.45) is 1.76. The molecule has 3 aromatic rings. The van der Waals surface area contributed by atoms with Crippen molar-refractivity contribution in [3.8, 4) is 16.5 Å². The molecule has 0 bridgehead atoms. The highest BCUT2D eigenvalue weighted by atomic mass is 35.5. The molecule has 0 spiro atoms. The number of halogens is 1. The lowest BCUT2D eigenvalue weighted by Crippen LogP contribution is -2.06. The van der Waals surface area contributed by atoms with Crippen molar-refractivity contribution in [2.45, 2.75) is 20.0 Å². The second-order valence-electron chi connectivity index (χ2n) is 5.24. The Kier molecular flexibility index (Phi) is 5.13. The first-order valence-electron chi connectivity index (χ1n) is 7.26. The van der Waals surface area contributed by atoms with Crippen LogP contribution in [0.25, 0.3) is 10.7 Å². The molecule has 8 heteroatoms. The molecule has 0 unspecified atom stereocenters. The molecule has 1 N–H and O–H groups in total. The van der Waals surface area contributed by atoms with Gasteiger partial charge in [-0.1, -0.05) is 17.7 Å². The fraction of sp³-hybridized carbons (Fsp3) is 0.188. The molecule has 0 saturated carbocycles. The van der Waals surface area contributed by atoms with Crippen LogP contribution >= 0.6 is 35.2 Å². The average molecular weight is 379 g/mol. The minimum atomic E-state index is 0.0691. The molecule has 0 fully saturated rings. The minimum absolute atomic E-state index is 0.0691. The fourth-order valence-corrected chi connectivity index (χ4v) is 3.15. The first-order valence-corrected chi connectivity index (χ1v) is 8.93. The number of ether oxygens (including phenoxy) is 1. The molecular formula is C16H15ClN4OS2. The zero-order valence-corrected chi connectivity index (χ0v) is 15.5. The van der Waals surface area contributed by atoms with E-state index in [2.05, 4.69) is 15.3 Å². The summed E-state index contributed by atoms with van der Waals surface area (Å²) < 4.78 is 7.65. The molecule has 5 nitrogen and oxygen atoms in total. The van der Waals surface area contributed by atoms with E-state index in [0.717, 1.165) is 10.4 Å². The Bertz CT molecular complexity index is 913. The summed E-state index contributed by atoms with van der Waals surface area (Å²) in [7, 11) is 0. The van der Waals surface area contributed by atoms with Crippen LogP contribution in [0.15, 0.2) is 40.8 Å². The summed E-state index contributed by atoms with van der Waals surface area (Å²) in [5.41, 5.74) is 0.844. The molecular weight excluding hydrogens is 364 g/mol. The molecule has 2 heterocycles. The van der Waals surface area contributed by atoms with Gasteiger partial charge in [0.05, 0.1) is 22.2 Å². The number of aromatic nitrogens is 3. The molecule has 124 valence electrons. The van der Waals surface area contributed by atoms with E-state index in [1.807, 2.05) is 43.5 Å². The predicted octanol–water partition coefficient (Wildman–Crippen LogP) is 4.99. The summed E-state index contributed by atoms with van der Waals surface area (Å²) in [6.45, 7) is 3.91. The quantitative estimate of drug-likeness (QED) is 0.502. The molecule has 1 aromatic carbocycles. The number of benzene rings is 1. The maximum absolute atomic E-state index is 6.25. The van der Waals surface area contributed by atoms with Crippen molar-refractivity contribution >= 4 is 41.4 Å². The second-order valence-corrected chi connectivity index (χ2v) is 6.98. The Hall–Kier alpha value is -1.96. The first kappa shape index (κ1) is 16.9. The maximum atomic E-state index is 6.25. The van der Waals surface area contributed by atoms with Crippen molar-refractivity contribution in [1.82, 2.24) is 14.9 Å². The highest BCUT2D eigenvalue weighted by molar-refractivity contribution is 7.71. The number of hydrogen-bond donors (Lipinski definition) is 1. The number of nitrogens with one attached hydrogen (secondary N) is 1. The van der Waals surface area contributed by atoms with Crippen LogP contribution in [-0.2, 0) is 0 Å². The van der Waals surface area contributed by atoms with Crippen molar-refractivity contribution in [2.75, 3.05) is 0 Å². The molecule has 3 rings (SSSR count). The number of rotatable bonds is 5. The van der Waals surface area contributed by atoms with E-state index < -0.39 is 0 Å². The van der Waals surface area contributed by atoms with Crippen molar-refractivity contribution in [3.63, 3.8) is 0 Å². The predicted molar refractivity (Wildman–Crippen MR) is 101 cm³/mol. The minimum Gasteiger partial charge on any atom is -0.489 e. The summed E-state index contributed by atoms with van der Waals surface area (Å²) in [4.78, 5) is 0.984. The molecule has 0 aliphatic rings. The number of nitrogens with zero attached hydrogens (tertiary/aromatic N) is 3. The van der Waals surface area contributed by atoms with Gasteiger partial charge in [-0.15, -0.1) is 11.3 Å². The lowest BCUT2D eigenvalue weighted by Gasteiger charge is -2.11. The van der Waals surface area contributed by atoms with Crippen LogP contribution in [0.2, 0.25) is 5.02 Å². The largest absolute Gasteiger partial charge is 0.489 e. The average Bonchev–Trinajstić information content (AvgIpc) is 3.17. The molecule has 0 saturated heterocycles. The van der Waals surface area contributed by atoms with Crippen LogP contribution in [0.3, 0.4) is 0 Å². The Morgan fingerprint density at radius 3 is 2.92 bits per heavy atom. The van der Waals surface area contributed by atoms with Crippen molar-refractivity contribution in [2.24, 2.45) is 5.10 Å². The Balaban J connectivity index is 1.88. The van der Waals surface area contributed by atoms with Gasteiger partial charge in [-0.3, -0.25) is 0 Å². The highest BCUT2D eigenvalue weighted by Gasteiger charge is 2.09. The third kappa shape index (κ3) is 3.75. The highest BCUT2D eigenvalue weighted by Crippen LogP contribution is 2.26. The van der Waals surface area contributed by atoms with Crippen LogP contribution in [0.5, 0.6) is 5.75 Å². The zero-order valence-electron chi connectivity index (χ0n) is 13.1. The van der Waals surface area contributed by atoms with Gasteiger partial charge >= 0.3 is 0 Å². The van der Waals surface area contributed by atoms with Gasteiger partial charge in [-0.2, -0.15) is 14.9 Å². The van der Waals surface area contributed by atoms with Crippen molar-refractivity contribution in [1.29, 1.82) is 0 Å². The van der Waals surface area contributed by atoms with Gasteiger partial charge in [0.25, 0.3) is 0 Å². The smallest absolute Gasteiger partial charge is 0.216 e. The molecule has 0 aliphatic heterocycles. The van der Waals surface area contributed by atoms with E-state index in [4.69, 9.17) is 28.6 Å². The number of H-pyrrole nitrogens is 1. The van der Waals surface area contributed by atoms with Crippen LogP contribution in [-0.4, -0.2) is 27.2 Å². The lowest BCUT2D eigenvalue weighted by atomic mass is 10.2. The Morgan fingerprint density at radius 1 is 1.42 bits per heavy atom. The Morgan fingerprint density at radius 2 is 2.25 bits per heavy atom. The Labute approximate surface area is 153 Å². The summed E-state index contributed by atoms with van der Waals surface area (Å²) >= 11 is 13.1. The third-order valence-electron chi connectivity index (χ3n) is 3.03. The number of hydrogen-bond acceptors (Lipinski definition) is 5. The second kappa shape index (κ2) is 7.29. The van der Waals surface area contributed by atoms with Gasteiger partial charge < -0.3 is 4.74 Å². The summed E-state index contributed by atoms with van der Waals surface area (Å²) in [5, 5.41) is 13.9. The van der Waals surface area contributed by atoms with E-state index in [9.17, 15) is 0 Å². The van der Waals surface area contributed by atoms with Gasteiger partial charge in [0.15, 0.2) is 5.82 Å². The van der Waals surface area contributed by atoms with Crippen LogP contribution in [0, 0.1) is 4.77 Å². The van der Waals surface area contributed by atoms with E-state index in [1.54, 1.807) is 28.3 Å². The van der Waals surface area contributed by atoms with E-state index in [-0.39, 0.29) is 6.10 Å². The van der Waals surface area contributed by atoms with Crippen molar-refractivity contribution in [3.05, 3.63) is 51.1 Å². The maximum Gasteiger partial charge on any atom is 0.216 e. The lowest BCUT2D eigenvalue weighted by molar-refractivity contribution is 0.242. The van der Waals surface area contributed by atoms with Gasteiger partial charge in [-0.25, -0.2) is 5.10 Å². The van der Waals surface area contributed by atoms with Gasteiger partial charge in [0.2, 0.25) is 4.77 Å². The van der Waals surface area contributed by atoms with Gasteiger partial charge in [0, 0.05) is 0 Å². The number of aromatic amines is 1. The van der Waals surface area contributed by atoms with Gasteiger partial charge in [0.1, 0.15) is 5.75 Å². The molecule has 0 aliphatic carbocycles.